The first kappa shape index (κ1) is 17.4. The molecule has 2 atom stereocenters. The minimum atomic E-state index is -0.261. The summed E-state index contributed by atoms with van der Waals surface area (Å²) < 4.78 is 0. The fraction of sp³-hybridized carbons (Fsp3) is 0.409. The Morgan fingerprint density at radius 1 is 0.964 bits per heavy atom. The van der Waals surface area contributed by atoms with Crippen molar-refractivity contribution in [2.24, 2.45) is 11.8 Å². The first-order valence-corrected chi connectivity index (χ1v) is 10.00. The lowest BCUT2D eigenvalue weighted by molar-refractivity contribution is -0.130. The van der Waals surface area contributed by atoms with Crippen LogP contribution in [0.3, 0.4) is 0 Å². The average molecular weight is 377 g/mol. The SMILES string of the molecule is O=C(CCCN1C(=O)c2cccc3cccc(c23)C1=O)N1C[C@H]2CNC[C@H]2C1. The lowest BCUT2D eigenvalue weighted by Gasteiger charge is -2.27. The van der Waals surface area contributed by atoms with Gasteiger partial charge < -0.3 is 10.2 Å². The summed E-state index contributed by atoms with van der Waals surface area (Å²) in [5.74, 6) is 0.762. The molecule has 0 aliphatic carbocycles. The van der Waals surface area contributed by atoms with Gasteiger partial charge in [-0.2, -0.15) is 0 Å². The van der Waals surface area contributed by atoms with Gasteiger partial charge >= 0.3 is 0 Å². The monoisotopic (exact) mass is 377 g/mol. The number of imide groups is 1. The van der Waals surface area contributed by atoms with Crippen molar-refractivity contribution in [3.8, 4) is 0 Å². The normalized spacial score (nSPS) is 23.6. The van der Waals surface area contributed by atoms with Crippen molar-refractivity contribution >= 4 is 28.5 Å². The van der Waals surface area contributed by atoms with Crippen LogP contribution in [0.5, 0.6) is 0 Å². The van der Waals surface area contributed by atoms with Crippen LogP contribution in [0.15, 0.2) is 36.4 Å². The Kier molecular flexibility index (Phi) is 4.16. The number of rotatable bonds is 4. The Morgan fingerprint density at radius 3 is 2.18 bits per heavy atom. The molecule has 144 valence electrons. The first-order chi connectivity index (χ1) is 13.6. The van der Waals surface area contributed by atoms with Crippen LogP contribution in [0.4, 0.5) is 0 Å². The van der Waals surface area contributed by atoms with Gasteiger partial charge in [0.2, 0.25) is 5.91 Å². The highest BCUT2D eigenvalue weighted by Crippen LogP contribution is 2.30. The molecule has 0 saturated carbocycles. The minimum absolute atomic E-state index is 0.133. The van der Waals surface area contributed by atoms with E-state index in [-0.39, 0.29) is 24.3 Å². The summed E-state index contributed by atoms with van der Waals surface area (Å²) in [4.78, 5) is 41.6. The Bertz CT molecular complexity index is 923. The summed E-state index contributed by atoms with van der Waals surface area (Å²) in [6.07, 6.45) is 0.869. The number of fused-ring (bicyclic) bond motifs is 1. The van der Waals surface area contributed by atoms with Gasteiger partial charge in [-0.3, -0.25) is 19.3 Å². The van der Waals surface area contributed by atoms with E-state index in [2.05, 4.69) is 5.32 Å². The molecule has 2 fully saturated rings. The highest BCUT2D eigenvalue weighted by atomic mass is 16.2. The Labute approximate surface area is 163 Å². The van der Waals surface area contributed by atoms with Gasteiger partial charge in [0.05, 0.1) is 0 Å². The lowest BCUT2D eigenvalue weighted by Crippen LogP contribution is -2.41. The third-order valence-electron chi connectivity index (χ3n) is 6.37. The molecule has 2 aromatic rings. The predicted octanol–water partition coefficient (Wildman–Crippen LogP) is 1.89. The summed E-state index contributed by atoms with van der Waals surface area (Å²) in [7, 11) is 0. The molecule has 0 radical (unpaired) electrons. The molecule has 0 spiro atoms. The van der Waals surface area contributed by atoms with Crippen LogP contribution in [0.1, 0.15) is 33.6 Å². The van der Waals surface area contributed by atoms with Crippen molar-refractivity contribution in [3.63, 3.8) is 0 Å². The Morgan fingerprint density at radius 2 is 1.57 bits per heavy atom. The van der Waals surface area contributed by atoms with Crippen LogP contribution in [0.2, 0.25) is 0 Å². The highest BCUT2D eigenvalue weighted by molar-refractivity contribution is 6.25. The largest absolute Gasteiger partial charge is 0.342 e. The minimum Gasteiger partial charge on any atom is -0.342 e. The summed E-state index contributed by atoms with van der Waals surface area (Å²) >= 11 is 0. The van der Waals surface area contributed by atoms with Crippen LogP contribution < -0.4 is 5.32 Å². The molecule has 0 unspecified atom stereocenters. The molecule has 3 heterocycles. The molecule has 5 rings (SSSR count). The van der Waals surface area contributed by atoms with Crippen molar-refractivity contribution in [2.45, 2.75) is 12.8 Å². The van der Waals surface area contributed by atoms with Gasteiger partial charge in [-0.25, -0.2) is 0 Å². The number of likely N-dealkylation sites (tertiary alicyclic amines) is 1. The van der Waals surface area contributed by atoms with Crippen LogP contribution in [-0.2, 0) is 4.79 Å². The van der Waals surface area contributed by atoms with E-state index >= 15 is 0 Å². The molecule has 0 aromatic heterocycles. The highest BCUT2D eigenvalue weighted by Gasteiger charge is 2.38. The first-order valence-electron chi connectivity index (χ1n) is 10.00. The molecule has 6 nitrogen and oxygen atoms in total. The number of carbonyl (C=O) groups is 3. The molecule has 6 heteroatoms. The number of nitrogens with one attached hydrogen (secondary N) is 1. The molecule has 1 N–H and O–H groups in total. The van der Waals surface area contributed by atoms with Gasteiger partial charge in [0, 0.05) is 55.7 Å². The molecule has 2 aromatic carbocycles. The van der Waals surface area contributed by atoms with Crippen LogP contribution in [-0.4, -0.2) is 60.2 Å². The number of benzene rings is 2. The molecule has 0 bridgehead atoms. The van der Waals surface area contributed by atoms with E-state index in [1.54, 1.807) is 12.1 Å². The van der Waals surface area contributed by atoms with E-state index in [1.165, 1.54) is 4.90 Å². The van der Waals surface area contributed by atoms with Gasteiger partial charge in [0.25, 0.3) is 11.8 Å². The van der Waals surface area contributed by atoms with E-state index < -0.39 is 0 Å². The molecule has 3 aliphatic rings. The second-order valence-electron chi connectivity index (χ2n) is 8.05. The maximum absolute atomic E-state index is 12.9. The van der Waals surface area contributed by atoms with E-state index in [9.17, 15) is 14.4 Å². The Hall–Kier alpha value is -2.73. The van der Waals surface area contributed by atoms with Gasteiger partial charge in [-0.15, -0.1) is 0 Å². The number of carbonyl (C=O) groups excluding carboxylic acids is 3. The summed E-state index contributed by atoms with van der Waals surface area (Å²) in [6.45, 7) is 3.92. The van der Waals surface area contributed by atoms with Gasteiger partial charge in [0.1, 0.15) is 0 Å². The fourth-order valence-corrected chi connectivity index (χ4v) is 4.89. The molecule has 3 amide bonds. The average Bonchev–Trinajstić information content (AvgIpc) is 3.30. The number of hydrogen-bond donors (Lipinski definition) is 1. The predicted molar refractivity (Wildman–Crippen MR) is 105 cm³/mol. The van der Waals surface area contributed by atoms with Crippen molar-refractivity contribution in [3.05, 3.63) is 47.5 Å². The molecular formula is C22H23N3O3. The second kappa shape index (κ2) is 6.71. The van der Waals surface area contributed by atoms with Gasteiger partial charge in [-0.1, -0.05) is 24.3 Å². The van der Waals surface area contributed by atoms with Gasteiger partial charge in [0.15, 0.2) is 0 Å². The van der Waals surface area contributed by atoms with Crippen molar-refractivity contribution < 1.29 is 14.4 Å². The van der Waals surface area contributed by atoms with Crippen molar-refractivity contribution in [1.29, 1.82) is 0 Å². The maximum Gasteiger partial charge on any atom is 0.261 e. The summed E-state index contributed by atoms with van der Waals surface area (Å²) in [5, 5.41) is 5.02. The quantitative estimate of drug-likeness (QED) is 0.827. The van der Waals surface area contributed by atoms with Crippen LogP contribution in [0.25, 0.3) is 10.8 Å². The number of nitrogens with zero attached hydrogens (tertiary/aromatic N) is 2. The Balaban J connectivity index is 1.26. The van der Waals surface area contributed by atoms with Crippen LogP contribution in [0, 0.1) is 11.8 Å². The standard InChI is InChI=1S/C22H23N3O3/c26-19(24-12-15-10-23-11-16(15)13-24)8-3-9-25-21(27)17-6-1-4-14-5-2-7-18(20(14)17)22(25)28/h1-2,4-7,15-16,23H,3,8-13H2/t15-,16+. The maximum atomic E-state index is 12.9. The van der Waals surface area contributed by atoms with E-state index in [4.69, 9.17) is 0 Å². The smallest absolute Gasteiger partial charge is 0.261 e. The number of amides is 3. The third-order valence-corrected chi connectivity index (χ3v) is 6.37. The fourth-order valence-electron chi connectivity index (χ4n) is 4.89. The van der Waals surface area contributed by atoms with Crippen molar-refractivity contribution in [1.82, 2.24) is 15.1 Å². The van der Waals surface area contributed by atoms with Crippen molar-refractivity contribution in [2.75, 3.05) is 32.7 Å². The van der Waals surface area contributed by atoms with E-state index in [0.717, 1.165) is 37.0 Å². The topological polar surface area (TPSA) is 69.7 Å². The summed E-state index contributed by atoms with van der Waals surface area (Å²) in [5.41, 5.74) is 1.14. The zero-order valence-electron chi connectivity index (χ0n) is 15.7. The second-order valence-corrected chi connectivity index (χ2v) is 8.05. The molecule has 3 aliphatic heterocycles. The lowest BCUT2D eigenvalue weighted by atomic mass is 9.94. The van der Waals surface area contributed by atoms with Crippen LogP contribution >= 0.6 is 0 Å². The zero-order valence-corrected chi connectivity index (χ0v) is 15.7. The van der Waals surface area contributed by atoms with E-state index in [1.807, 2.05) is 29.2 Å². The number of hydrogen-bond acceptors (Lipinski definition) is 4. The third kappa shape index (κ3) is 2.71. The van der Waals surface area contributed by atoms with E-state index in [0.29, 0.717) is 35.8 Å². The molecular weight excluding hydrogens is 354 g/mol. The summed E-state index contributed by atoms with van der Waals surface area (Å²) in [6, 6.07) is 11.1. The zero-order chi connectivity index (χ0) is 19.3. The molecule has 28 heavy (non-hydrogen) atoms. The molecule has 2 saturated heterocycles. The van der Waals surface area contributed by atoms with Gasteiger partial charge in [-0.05, 0) is 35.8 Å².